The van der Waals surface area contributed by atoms with Gasteiger partial charge in [-0.05, 0) is 29.5 Å². The predicted octanol–water partition coefficient (Wildman–Crippen LogP) is 6.49. The fourth-order valence-electron chi connectivity index (χ4n) is 3.16. The van der Waals surface area contributed by atoms with Crippen LogP contribution in [0.15, 0.2) is 71.6 Å². The van der Waals surface area contributed by atoms with Crippen LogP contribution in [0.1, 0.15) is 63.0 Å². The average molecular weight is 408 g/mol. The zero-order chi connectivity index (χ0) is 22.0. The maximum absolute atomic E-state index is 12.0. The molecule has 0 aliphatic heterocycles. The lowest BCUT2D eigenvalue weighted by molar-refractivity contribution is -0.132. The molecule has 0 unspecified atom stereocenters. The minimum atomic E-state index is -0.809. The molecule has 0 saturated carbocycles. The first kappa shape index (κ1) is 24.6. The quantitative estimate of drug-likeness (QED) is 0.151. The van der Waals surface area contributed by atoms with E-state index in [2.05, 4.69) is 11.8 Å². The van der Waals surface area contributed by atoms with Gasteiger partial charge in [0.25, 0.3) is 0 Å². The van der Waals surface area contributed by atoms with Crippen LogP contribution in [0.4, 0.5) is 0 Å². The number of rotatable bonds is 11. The van der Waals surface area contributed by atoms with Crippen molar-refractivity contribution in [2.75, 3.05) is 0 Å². The Bertz CT molecular complexity index is 786. The van der Waals surface area contributed by atoms with Crippen LogP contribution in [0.2, 0.25) is 0 Å². The van der Waals surface area contributed by atoms with Gasteiger partial charge in [-0.15, -0.1) is 10.2 Å². The highest BCUT2D eigenvalue weighted by molar-refractivity contribution is 6.00. The number of nitrogens with zero attached hydrogens (tertiary/aromatic N) is 2. The zero-order valence-corrected chi connectivity index (χ0v) is 17.3. The third-order valence-corrected chi connectivity index (χ3v) is 4.54. The normalized spacial score (nSPS) is 9.47. The Hall–Kier alpha value is -3.46. The molecule has 0 aromatic heterocycles. The smallest absolute Gasteiger partial charge is 0.332 e. The first-order chi connectivity index (χ1) is 14.7. The van der Waals surface area contributed by atoms with Crippen LogP contribution in [0.5, 0.6) is 0 Å². The van der Waals surface area contributed by atoms with Crippen molar-refractivity contribution >= 4 is 11.5 Å². The van der Waals surface area contributed by atoms with Crippen molar-refractivity contribution in [3.63, 3.8) is 0 Å². The second-order valence-corrected chi connectivity index (χ2v) is 6.67. The lowest BCUT2D eigenvalue weighted by Crippen LogP contribution is -2.06. The Morgan fingerprint density at radius 2 is 1.43 bits per heavy atom. The Balaban J connectivity index is 0.000000804. The first-order valence-corrected chi connectivity index (χ1v) is 10.1. The molecule has 0 aliphatic carbocycles. The van der Waals surface area contributed by atoms with E-state index in [0.29, 0.717) is 12.0 Å². The summed E-state index contributed by atoms with van der Waals surface area (Å²) in [7, 11) is 0. The molecule has 0 fully saturated rings. The van der Waals surface area contributed by atoms with Crippen LogP contribution in [0.25, 0.3) is 5.57 Å². The lowest BCUT2D eigenvalue weighted by Gasteiger charge is -2.14. The minimum Gasteiger partial charge on any atom is -0.478 e. The number of hydrogen-bond acceptors (Lipinski definition) is 5. The van der Waals surface area contributed by atoms with E-state index < -0.39 is 5.97 Å². The highest BCUT2D eigenvalue weighted by Crippen LogP contribution is 2.29. The summed E-state index contributed by atoms with van der Waals surface area (Å²) in [6.45, 7) is 2.21. The molecule has 0 atom stereocenters. The van der Waals surface area contributed by atoms with Gasteiger partial charge in [0.15, 0.2) is 5.34 Å². The second kappa shape index (κ2) is 15.5. The maximum atomic E-state index is 12.0. The molecule has 6 heteroatoms. The number of carboxylic acid groups (broad SMARTS) is 1. The summed E-state index contributed by atoms with van der Waals surface area (Å²) in [5, 5.41) is 18.9. The molecule has 2 aromatic rings. The van der Waals surface area contributed by atoms with Crippen LogP contribution in [-0.2, 0) is 9.63 Å². The van der Waals surface area contributed by atoms with Crippen LogP contribution in [0.3, 0.4) is 0 Å². The van der Waals surface area contributed by atoms with Gasteiger partial charge in [-0.2, -0.15) is 0 Å². The van der Waals surface area contributed by atoms with Crippen LogP contribution in [0, 0.1) is 16.4 Å². The van der Waals surface area contributed by atoms with Gasteiger partial charge in [0.05, 0.1) is 0 Å². The Labute approximate surface area is 177 Å². The van der Waals surface area contributed by atoms with E-state index in [4.69, 9.17) is 10.2 Å². The molecule has 2 aromatic carbocycles. The molecule has 158 valence electrons. The third kappa shape index (κ3) is 9.16. The van der Waals surface area contributed by atoms with Crippen molar-refractivity contribution in [2.45, 2.75) is 51.9 Å². The van der Waals surface area contributed by atoms with Gasteiger partial charge < -0.3 is 5.11 Å². The number of benzene rings is 2. The summed E-state index contributed by atoms with van der Waals surface area (Å²) >= 11 is 0. The molecular formula is C24H28N2O4. The standard InChI is InChI=1S/C23H28O2.CN2O2/c1-2-3-4-5-6-13-18-21(23(24)25)22(19-14-9-7-10-15-19)20-16-11-8-12-17-20;2-1-5-3-4/h7-12,14-17H,2-6,13,18H2,1H3,(H,24,25);. The fraction of sp³-hybridized carbons (Fsp3) is 0.333. The van der Waals surface area contributed by atoms with Crippen molar-refractivity contribution in [1.29, 1.82) is 5.26 Å². The van der Waals surface area contributed by atoms with Gasteiger partial charge in [0, 0.05) is 5.57 Å². The third-order valence-electron chi connectivity index (χ3n) is 4.54. The van der Waals surface area contributed by atoms with Gasteiger partial charge in [-0.1, -0.05) is 99.7 Å². The molecule has 0 amide bonds. The molecule has 0 heterocycles. The number of nitriles is 1. The van der Waals surface area contributed by atoms with E-state index in [9.17, 15) is 9.90 Å². The molecule has 0 bridgehead atoms. The molecule has 6 nitrogen and oxygen atoms in total. The first-order valence-electron chi connectivity index (χ1n) is 10.1. The van der Waals surface area contributed by atoms with Crippen LogP contribution in [-0.4, -0.2) is 11.1 Å². The highest BCUT2D eigenvalue weighted by atomic mass is 16.7. The number of carbonyl (C=O) groups is 1. The van der Waals surface area contributed by atoms with Crippen molar-refractivity contribution in [3.8, 4) is 6.26 Å². The molecule has 1 N–H and O–H groups in total. The van der Waals surface area contributed by atoms with Crippen LogP contribution < -0.4 is 0 Å². The molecule has 2 rings (SSSR count). The summed E-state index contributed by atoms with van der Waals surface area (Å²) < 4.78 is 0. The highest BCUT2D eigenvalue weighted by Gasteiger charge is 2.17. The monoisotopic (exact) mass is 408 g/mol. The van der Waals surface area contributed by atoms with Gasteiger partial charge in [-0.25, -0.2) is 9.63 Å². The van der Waals surface area contributed by atoms with E-state index in [-0.39, 0.29) is 0 Å². The van der Waals surface area contributed by atoms with Gasteiger partial charge in [0.1, 0.15) is 0 Å². The summed E-state index contributed by atoms with van der Waals surface area (Å²) in [5.41, 5.74) is 3.31. The van der Waals surface area contributed by atoms with Crippen LogP contribution >= 0.6 is 0 Å². The van der Waals surface area contributed by atoms with Gasteiger partial charge >= 0.3 is 12.2 Å². The fourth-order valence-corrected chi connectivity index (χ4v) is 3.16. The van der Waals surface area contributed by atoms with Gasteiger partial charge in [-0.3, -0.25) is 0 Å². The SMILES string of the molecule is CCCCCCCCC(C(=O)O)=C(c1ccccc1)c1ccccc1.N#CON=O. The largest absolute Gasteiger partial charge is 0.478 e. The van der Waals surface area contributed by atoms with Crippen molar-refractivity contribution in [1.82, 2.24) is 0 Å². The molecular weight excluding hydrogens is 380 g/mol. The molecule has 0 saturated heterocycles. The summed E-state index contributed by atoms with van der Waals surface area (Å²) in [5.74, 6) is -0.809. The summed E-state index contributed by atoms with van der Waals surface area (Å²) in [6, 6.07) is 19.7. The molecule has 0 spiro atoms. The number of aliphatic carboxylic acids is 1. The number of carboxylic acids is 1. The maximum Gasteiger partial charge on any atom is 0.332 e. The van der Waals surface area contributed by atoms with Crippen molar-refractivity contribution < 1.29 is 14.7 Å². The van der Waals surface area contributed by atoms with E-state index in [0.717, 1.165) is 35.8 Å². The van der Waals surface area contributed by atoms with E-state index in [1.807, 2.05) is 60.7 Å². The summed E-state index contributed by atoms with van der Waals surface area (Å²) in [6.07, 6.45) is 8.59. The molecule has 30 heavy (non-hydrogen) atoms. The Morgan fingerprint density at radius 3 is 1.83 bits per heavy atom. The van der Waals surface area contributed by atoms with Crippen molar-refractivity contribution in [2.24, 2.45) is 5.34 Å². The predicted molar refractivity (Wildman–Crippen MR) is 117 cm³/mol. The summed E-state index contributed by atoms with van der Waals surface area (Å²) in [4.78, 5) is 23.9. The molecule has 0 radical (unpaired) electrons. The van der Waals surface area contributed by atoms with E-state index in [1.54, 1.807) is 5.34 Å². The minimum absolute atomic E-state index is 0.521. The number of unbranched alkanes of at least 4 members (excludes halogenated alkanes) is 5. The van der Waals surface area contributed by atoms with Crippen molar-refractivity contribution in [3.05, 3.63) is 82.3 Å². The van der Waals surface area contributed by atoms with E-state index >= 15 is 0 Å². The topological polar surface area (TPSA) is 99.8 Å². The lowest BCUT2D eigenvalue weighted by atomic mass is 9.90. The Morgan fingerprint density at radius 1 is 0.933 bits per heavy atom. The van der Waals surface area contributed by atoms with Gasteiger partial charge in [0.2, 0.25) is 0 Å². The number of hydrogen-bond donors (Lipinski definition) is 1. The van der Waals surface area contributed by atoms with E-state index in [1.165, 1.54) is 25.7 Å². The Kier molecular flexibility index (Phi) is 12.7. The molecule has 0 aliphatic rings. The average Bonchev–Trinajstić information content (AvgIpc) is 2.77. The zero-order valence-electron chi connectivity index (χ0n) is 17.3. The second-order valence-electron chi connectivity index (χ2n) is 6.67.